The number of para-hydroxylation sites is 2. The maximum Gasteiger partial charge on any atom is 0.274 e. The lowest BCUT2D eigenvalue weighted by molar-refractivity contribution is 0.515. The number of fused-ring (bicyclic) bond motifs is 1. The molecule has 0 atom stereocenters. The Hall–Kier alpha value is -2.88. The molecule has 3 aromatic rings. The second kappa shape index (κ2) is 5.48. The zero-order chi connectivity index (χ0) is 15.7. The van der Waals surface area contributed by atoms with Crippen LogP contribution in [-0.2, 0) is 0 Å². The average Bonchev–Trinajstić information content (AvgIpc) is 2.50. The summed E-state index contributed by atoms with van der Waals surface area (Å²) in [5.41, 5.74) is 4.12. The van der Waals surface area contributed by atoms with Crippen molar-refractivity contribution in [2.24, 2.45) is 0 Å². The van der Waals surface area contributed by atoms with Crippen molar-refractivity contribution in [2.75, 3.05) is 0 Å². The topological polar surface area (TPSA) is 66.0 Å². The molecular formula is C18H16N2O2. The largest absolute Gasteiger partial charge is 0.507 e. The predicted molar refractivity (Wildman–Crippen MR) is 88.8 cm³/mol. The highest BCUT2D eigenvalue weighted by molar-refractivity contribution is 5.79. The molecule has 0 fully saturated rings. The molecule has 1 aromatic heterocycles. The SMILES string of the molecule is Cc1ccc(C(O)=Cc2nc3ccccc3[nH]c2=O)cc1C. The first-order valence-corrected chi connectivity index (χ1v) is 7.02. The van der Waals surface area contributed by atoms with Gasteiger partial charge in [-0.3, -0.25) is 4.79 Å². The van der Waals surface area contributed by atoms with Crippen LogP contribution in [0.1, 0.15) is 22.4 Å². The molecule has 0 saturated carbocycles. The van der Waals surface area contributed by atoms with Crippen molar-refractivity contribution in [3.8, 4) is 0 Å². The Balaban J connectivity index is 2.08. The first-order valence-electron chi connectivity index (χ1n) is 7.02. The number of aromatic nitrogens is 2. The zero-order valence-electron chi connectivity index (χ0n) is 12.4. The maximum atomic E-state index is 12.0. The molecule has 0 unspecified atom stereocenters. The molecule has 4 heteroatoms. The van der Waals surface area contributed by atoms with Gasteiger partial charge in [-0.25, -0.2) is 4.98 Å². The molecule has 0 spiro atoms. The third-order valence-electron chi connectivity index (χ3n) is 3.70. The molecule has 0 radical (unpaired) electrons. The van der Waals surface area contributed by atoms with E-state index in [1.54, 1.807) is 6.07 Å². The Kier molecular flexibility index (Phi) is 3.51. The molecule has 0 amide bonds. The summed E-state index contributed by atoms with van der Waals surface area (Å²) in [6.45, 7) is 3.99. The van der Waals surface area contributed by atoms with E-state index >= 15 is 0 Å². The Morgan fingerprint density at radius 1 is 1.14 bits per heavy atom. The summed E-state index contributed by atoms with van der Waals surface area (Å²) in [4.78, 5) is 19.1. The fraction of sp³-hybridized carbons (Fsp3) is 0.111. The normalized spacial score (nSPS) is 11.8. The van der Waals surface area contributed by atoms with Crippen LogP contribution in [0.3, 0.4) is 0 Å². The van der Waals surface area contributed by atoms with Gasteiger partial charge in [0.25, 0.3) is 5.56 Å². The first-order chi connectivity index (χ1) is 10.5. The number of hydrogen-bond donors (Lipinski definition) is 2. The standard InChI is InChI=1S/C18H16N2O2/c1-11-7-8-13(9-12(11)2)17(21)10-16-18(22)20-15-6-4-3-5-14(15)19-16/h3-10,21H,1-2H3,(H,20,22). The summed E-state index contributed by atoms with van der Waals surface area (Å²) in [6, 6.07) is 12.9. The number of nitrogens with zero attached hydrogens (tertiary/aromatic N) is 1. The molecular weight excluding hydrogens is 276 g/mol. The van der Waals surface area contributed by atoms with E-state index in [1.165, 1.54) is 6.08 Å². The van der Waals surface area contributed by atoms with Crippen molar-refractivity contribution in [3.63, 3.8) is 0 Å². The number of aliphatic hydroxyl groups excluding tert-OH is 1. The Morgan fingerprint density at radius 3 is 2.68 bits per heavy atom. The van der Waals surface area contributed by atoms with Crippen molar-refractivity contribution in [2.45, 2.75) is 13.8 Å². The van der Waals surface area contributed by atoms with Gasteiger partial charge in [0, 0.05) is 11.6 Å². The van der Waals surface area contributed by atoms with E-state index in [-0.39, 0.29) is 17.0 Å². The lowest BCUT2D eigenvalue weighted by atomic mass is 10.0. The fourth-order valence-electron chi connectivity index (χ4n) is 2.26. The van der Waals surface area contributed by atoms with E-state index in [9.17, 15) is 9.90 Å². The van der Waals surface area contributed by atoms with Crippen LogP contribution in [0.25, 0.3) is 22.9 Å². The number of hydrogen-bond acceptors (Lipinski definition) is 3. The van der Waals surface area contributed by atoms with Crippen molar-refractivity contribution in [1.82, 2.24) is 9.97 Å². The summed E-state index contributed by atoms with van der Waals surface area (Å²) in [5, 5.41) is 10.3. The van der Waals surface area contributed by atoms with Gasteiger partial charge in [0.15, 0.2) is 0 Å². The Labute approximate surface area is 127 Å². The van der Waals surface area contributed by atoms with Gasteiger partial charge in [-0.1, -0.05) is 24.3 Å². The van der Waals surface area contributed by atoms with Gasteiger partial charge in [-0.15, -0.1) is 0 Å². The van der Waals surface area contributed by atoms with Crippen molar-refractivity contribution >= 4 is 22.9 Å². The summed E-state index contributed by atoms with van der Waals surface area (Å²) in [5.74, 6) is 0.0244. The molecule has 0 aliphatic heterocycles. The molecule has 0 saturated heterocycles. The van der Waals surface area contributed by atoms with Gasteiger partial charge in [-0.05, 0) is 43.2 Å². The molecule has 2 N–H and O–H groups in total. The highest BCUT2D eigenvalue weighted by Crippen LogP contribution is 2.18. The molecule has 3 rings (SSSR count). The van der Waals surface area contributed by atoms with Crippen LogP contribution in [-0.4, -0.2) is 15.1 Å². The molecule has 4 nitrogen and oxygen atoms in total. The van der Waals surface area contributed by atoms with E-state index in [2.05, 4.69) is 9.97 Å². The van der Waals surface area contributed by atoms with Crippen LogP contribution in [0.2, 0.25) is 0 Å². The summed E-state index contributed by atoms with van der Waals surface area (Å²) < 4.78 is 0. The lowest BCUT2D eigenvalue weighted by Gasteiger charge is -2.05. The van der Waals surface area contributed by atoms with Gasteiger partial charge in [-0.2, -0.15) is 0 Å². The van der Waals surface area contributed by atoms with E-state index < -0.39 is 0 Å². The molecule has 22 heavy (non-hydrogen) atoms. The maximum absolute atomic E-state index is 12.0. The second-order valence-electron chi connectivity index (χ2n) is 5.30. The van der Waals surface area contributed by atoms with E-state index in [0.717, 1.165) is 11.1 Å². The minimum atomic E-state index is -0.325. The van der Waals surface area contributed by atoms with Crippen LogP contribution < -0.4 is 5.56 Å². The average molecular weight is 292 g/mol. The first kappa shape index (κ1) is 14.1. The Morgan fingerprint density at radius 2 is 1.91 bits per heavy atom. The van der Waals surface area contributed by atoms with Crippen molar-refractivity contribution < 1.29 is 5.11 Å². The number of aryl methyl sites for hydroxylation is 2. The van der Waals surface area contributed by atoms with Crippen molar-refractivity contribution in [1.29, 1.82) is 0 Å². The van der Waals surface area contributed by atoms with Crippen LogP contribution >= 0.6 is 0 Å². The second-order valence-corrected chi connectivity index (χ2v) is 5.30. The number of aromatic amines is 1. The van der Waals surface area contributed by atoms with Crippen LogP contribution in [0.15, 0.2) is 47.3 Å². The number of H-pyrrole nitrogens is 1. The number of nitrogens with one attached hydrogen (secondary N) is 1. The van der Waals surface area contributed by atoms with Crippen molar-refractivity contribution in [3.05, 3.63) is 75.2 Å². The molecule has 1 heterocycles. The van der Waals surface area contributed by atoms with Gasteiger partial charge >= 0.3 is 0 Å². The van der Waals surface area contributed by atoms with Crippen LogP contribution in [0.4, 0.5) is 0 Å². The molecule has 0 bridgehead atoms. The third kappa shape index (κ3) is 2.63. The van der Waals surface area contributed by atoms with Gasteiger partial charge in [0.2, 0.25) is 0 Å². The molecule has 0 aliphatic rings. The molecule has 2 aromatic carbocycles. The summed E-state index contributed by atoms with van der Waals surface area (Å²) in [7, 11) is 0. The van der Waals surface area contributed by atoms with Crippen LogP contribution in [0.5, 0.6) is 0 Å². The van der Waals surface area contributed by atoms with E-state index in [4.69, 9.17) is 0 Å². The van der Waals surface area contributed by atoms with Gasteiger partial charge < -0.3 is 10.1 Å². The number of rotatable bonds is 2. The number of benzene rings is 2. The smallest absolute Gasteiger partial charge is 0.274 e. The zero-order valence-corrected chi connectivity index (χ0v) is 12.4. The highest BCUT2D eigenvalue weighted by Gasteiger charge is 2.06. The molecule has 0 aliphatic carbocycles. The Bertz CT molecular complexity index is 939. The monoisotopic (exact) mass is 292 g/mol. The third-order valence-corrected chi connectivity index (χ3v) is 3.70. The number of aliphatic hydroxyl groups is 1. The molecule has 110 valence electrons. The quantitative estimate of drug-likeness (QED) is 0.709. The van der Waals surface area contributed by atoms with E-state index in [0.29, 0.717) is 16.6 Å². The highest BCUT2D eigenvalue weighted by atomic mass is 16.3. The minimum absolute atomic E-state index is 0.0244. The predicted octanol–water partition coefficient (Wildman–Crippen LogP) is 3.60. The lowest BCUT2D eigenvalue weighted by Crippen LogP contribution is -2.12. The van der Waals surface area contributed by atoms with E-state index in [1.807, 2.05) is 50.2 Å². The summed E-state index contributed by atoms with van der Waals surface area (Å²) >= 11 is 0. The fourth-order valence-corrected chi connectivity index (χ4v) is 2.26. The summed E-state index contributed by atoms with van der Waals surface area (Å²) in [6.07, 6.45) is 1.40. The van der Waals surface area contributed by atoms with Crippen LogP contribution in [0, 0.1) is 13.8 Å². The van der Waals surface area contributed by atoms with Gasteiger partial charge in [0.1, 0.15) is 11.5 Å². The van der Waals surface area contributed by atoms with Gasteiger partial charge in [0.05, 0.1) is 11.0 Å². The minimum Gasteiger partial charge on any atom is -0.507 e.